The minimum absolute atomic E-state index is 0.0264. The lowest BCUT2D eigenvalue weighted by molar-refractivity contribution is -0.127. The molecule has 2 N–H and O–H groups in total. The molecule has 3 amide bonds. The maximum Gasteiger partial charge on any atom is 0.323 e. The Kier molecular flexibility index (Phi) is 6.58. The first-order valence-corrected chi connectivity index (χ1v) is 10.2. The van der Waals surface area contributed by atoms with Gasteiger partial charge >= 0.3 is 6.03 Å². The van der Waals surface area contributed by atoms with Gasteiger partial charge in [-0.25, -0.2) is 4.79 Å². The van der Waals surface area contributed by atoms with Gasteiger partial charge in [0.1, 0.15) is 23.9 Å². The van der Waals surface area contributed by atoms with Gasteiger partial charge in [0.05, 0.1) is 25.3 Å². The van der Waals surface area contributed by atoms with E-state index in [2.05, 4.69) is 10.6 Å². The van der Waals surface area contributed by atoms with Crippen molar-refractivity contribution in [3.8, 4) is 17.2 Å². The number of carbonyl (C=O) groups excluding carboxylic acids is 2. The summed E-state index contributed by atoms with van der Waals surface area (Å²) in [6.45, 7) is 6.64. The Morgan fingerprint density at radius 3 is 2.32 bits per heavy atom. The van der Waals surface area contributed by atoms with E-state index in [-0.39, 0.29) is 12.5 Å². The Balaban J connectivity index is 1.79. The van der Waals surface area contributed by atoms with Crippen molar-refractivity contribution in [2.45, 2.75) is 27.2 Å². The minimum atomic E-state index is -0.634. The van der Waals surface area contributed by atoms with Gasteiger partial charge in [0, 0.05) is 42.2 Å². The SMILES string of the molecule is CCCN1C(=O)C(C)(C)COc2cc(NC(=O)Nc3cc(OC)cc(OC)c3)ccc21. The van der Waals surface area contributed by atoms with Crippen molar-refractivity contribution in [1.29, 1.82) is 0 Å². The van der Waals surface area contributed by atoms with Crippen LogP contribution in [0.3, 0.4) is 0 Å². The average Bonchev–Trinajstić information content (AvgIpc) is 2.83. The molecule has 1 aliphatic heterocycles. The molecule has 1 heterocycles. The van der Waals surface area contributed by atoms with Crippen molar-refractivity contribution < 1.29 is 23.8 Å². The predicted octanol–water partition coefficient (Wildman–Crippen LogP) is 4.51. The first-order chi connectivity index (χ1) is 14.8. The van der Waals surface area contributed by atoms with E-state index in [9.17, 15) is 9.59 Å². The lowest BCUT2D eigenvalue weighted by atomic mass is 9.93. The summed E-state index contributed by atoms with van der Waals surface area (Å²) in [7, 11) is 3.09. The first kappa shape index (κ1) is 22.3. The molecule has 0 spiro atoms. The highest BCUT2D eigenvalue weighted by atomic mass is 16.5. The number of nitrogens with zero attached hydrogens (tertiary/aromatic N) is 1. The molecule has 0 fully saturated rings. The van der Waals surface area contributed by atoms with Crippen LogP contribution >= 0.6 is 0 Å². The third-order valence-corrected chi connectivity index (χ3v) is 4.98. The molecule has 0 bridgehead atoms. The van der Waals surface area contributed by atoms with Crippen LogP contribution < -0.4 is 29.7 Å². The Hall–Kier alpha value is -3.42. The third kappa shape index (κ3) is 5.02. The highest BCUT2D eigenvalue weighted by Crippen LogP contribution is 2.38. The van der Waals surface area contributed by atoms with Crippen molar-refractivity contribution in [1.82, 2.24) is 0 Å². The third-order valence-electron chi connectivity index (χ3n) is 4.98. The van der Waals surface area contributed by atoms with E-state index in [1.54, 1.807) is 55.5 Å². The van der Waals surface area contributed by atoms with Gasteiger partial charge in [0.2, 0.25) is 5.91 Å². The van der Waals surface area contributed by atoms with E-state index in [1.165, 1.54) is 0 Å². The molecular formula is C23H29N3O5. The van der Waals surface area contributed by atoms with Gasteiger partial charge in [-0.05, 0) is 32.4 Å². The summed E-state index contributed by atoms with van der Waals surface area (Å²) in [5.41, 5.74) is 1.15. The molecule has 0 saturated carbocycles. The molecule has 2 aromatic rings. The normalized spacial score (nSPS) is 14.7. The molecule has 0 aliphatic carbocycles. The van der Waals surface area contributed by atoms with Gasteiger partial charge in [-0.1, -0.05) is 6.92 Å². The number of benzene rings is 2. The molecule has 1 aliphatic rings. The van der Waals surface area contributed by atoms with Crippen molar-refractivity contribution >= 4 is 29.0 Å². The maximum atomic E-state index is 12.9. The summed E-state index contributed by atoms with van der Waals surface area (Å²) in [5.74, 6) is 1.72. The van der Waals surface area contributed by atoms with E-state index in [1.807, 2.05) is 20.8 Å². The average molecular weight is 428 g/mol. The second-order valence-corrected chi connectivity index (χ2v) is 7.99. The van der Waals surface area contributed by atoms with Crippen LogP contribution in [0, 0.1) is 5.41 Å². The standard InChI is InChI=1S/C23H29N3O5/c1-6-9-26-19-8-7-15(12-20(19)31-14-23(2,3)21(26)27)24-22(28)25-16-10-17(29-4)13-18(11-16)30-5/h7-8,10-13H,6,9,14H2,1-5H3,(H2,24,25,28). The smallest absolute Gasteiger partial charge is 0.323 e. The molecule has 0 radical (unpaired) electrons. The number of methoxy groups -OCH3 is 2. The number of urea groups is 1. The minimum Gasteiger partial charge on any atom is -0.497 e. The molecule has 8 heteroatoms. The van der Waals surface area contributed by atoms with E-state index in [4.69, 9.17) is 14.2 Å². The number of ether oxygens (including phenoxy) is 3. The van der Waals surface area contributed by atoms with Crippen molar-refractivity contribution in [3.63, 3.8) is 0 Å². The number of fused-ring (bicyclic) bond motifs is 1. The summed E-state index contributed by atoms with van der Waals surface area (Å²) in [4.78, 5) is 27.2. The quantitative estimate of drug-likeness (QED) is 0.708. The zero-order chi connectivity index (χ0) is 22.6. The molecule has 8 nitrogen and oxygen atoms in total. The number of hydrogen-bond donors (Lipinski definition) is 2. The molecule has 2 aromatic carbocycles. The van der Waals surface area contributed by atoms with Gasteiger partial charge in [0.25, 0.3) is 0 Å². The topological polar surface area (TPSA) is 89.1 Å². The van der Waals surface area contributed by atoms with Gasteiger partial charge in [-0.15, -0.1) is 0 Å². The van der Waals surface area contributed by atoms with Crippen LogP contribution in [0.5, 0.6) is 17.2 Å². The van der Waals surface area contributed by atoms with Gasteiger partial charge in [-0.3, -0.25) is 4.79 Å². The van der Waals surface area contributed by atoms with Crippen LogP contribution in [0.2, 0.25) is 0 Å². The second-order valence-electron chi connectivity index (χ2n) is 7.99. The van der Waals surface area contributed by atoms with Crippen LogP contribution in [-0.4, -0.2) is 39.3 Å². The fourth-order valence-electron chi connectivity index (χ4n) is 3.34. The van der Waals surface area contributed by atoms with Crippen molar-refractivity contribution in [3.05, 3.63) is 36.4 Å². The van der Waals surface area contributed by atoms with E-state index in [0.717, 1.165) is 6.42 Å². The van der Waals surface area contributed by atoms with Gasteiger partial charge < -0.3 is 29.7 Å². The number of anilines is 3. The van der Waals surface area contributed by atoms with Crippen LogP contribution in [-0.2, 0) is 4.79 Å². The number of rotatable bonds is 6. The predicted molar refractivity (Wildman–Crippen MR) is 121 cm³/mol. The van der Waals surface area contributed by atoms with Crippen LogP contribution in [0.15, 0.2) is 36.4 Å². The van der Waals surface area contributed by atoms with Crippen molar-refractivity contribution in [2.24, 2.45) is 5.41 Å². The largest absolute Gasteiger partial charge is 0.497 e. The molecule has 0 saturated heterocycles. The van der Waals surface area contributed by atoms with Gasteiger partial charge in [0.15, 0.2) is 0 Å². The van der Waals surface area contributed by atoms with Crippen LogP contribution in [0.1, 0.15) is 27.2 Å². The molecular weight excluding hydrogens is 398 g/mol. The van der Waals surface area contributed by atoms with Crippen LogP contribution in [0.25, 0.3) is 0 Å². The maximum absolute atomic E-state index is 12.9. The zero-order valence-electron chi connectivity index (χ0n) is 18.6. The molecule has 3 rings (SSSR count). The Labute approximate surface area is 182 Å². The fraction of sp³-hybridized carbons (Fsp3) is 0.391. The highest BCUT2D eigenvalue weighted by molar-refractivity contribution is 6.02. The lowest BCUT2D eigenvalue weighted by Gasteiger charge is -2.27. The molecule has 31 heavy (non-hydrogen) atoms. The summed E-state index contributed by atoms with van der Waals surface area (Å²) >= 11 is 0. The molecule has 0 atom stereocenters. The number of carbonyl (C=O) groups is 2. The van der Waals surface area contributed by atoms with E-state index < -0.39 is 11.4 Å². The zero-order valence-corrected chi connectivity index (χ0v) is 18.6. The lowest BCUT2D eigenvalue weighted by Crippen LogP contribution is -2.42. The Bertz CT molecular complexity index is 951. The van der Waals surface area contributed by atoms with Crippen molar-refractivity contribution in [2.75, 3.05) is 42.9 Å². The highest BCUT2D eigenvalue weighted by Gasteiger charge is 2.37. The monoisotopic (exact) mass is 427 g/mol. The Morgan fingerprint density at radius 1 is 1.06 bits per heavy atom. The molecule has 0 aromatic heterocycles. The second kappa shape index (κ2) is 9.16. The summed E-state index contributed by atoms with van der Waals surface area (Å²) in [6.07, 6.45) is 0.827. The summed E-state index contributed by atoms with van der Waals surface area (Å²) < 4.78 is 16.4. The Morgan fingerprint density at radius 2 is 1.71 bits per heavy atom. The fourth-order valence-corrected chi connectivity index (χ4v) is 3.34. The van der Waals surface area contributed by atoms with Crippen LogP contribution in [0.4, 0.5) is 21.9 Å². The molecule has 0 unspecified atom stereocenters. The number of amides is 3. The number of hydrogen-bond acceptors (Lipinski definition) is 5. The molecule has 166 valence electrons. The number of nitrogens with one attached hydrogen (secondary N) is 2. The van der Waals surface area contributed by atoms with E-state index >= 15 is 0 Å². The summed E-state index contributed by atoms with van der Waals surface area (Å²) in [5, 5.41) is 5.57. The summed E-state index contributed by atoms with van der Waals surface area (Å²) in [6, 6.07) is 9.97. The van der Waals surface area contributed by atoms with Gasteiger partial charge in [-0.2, -0.15) is 0 Å². The first-order valence-electron chi connectivity index (χ1n) is 10.2. The van der Waals surface area contributed by atoms with E-state index in [0.29, 0.717) is 40.9 Å².